The number of aryl methyl sites for hydroxylation is 1. The Morgan fingerprint density at radius 3 is 2.53 bits per heavy atom. The van der Waals surface area contributed by atoms with Crippen LogP contribution in [0.15, 0.2) is 66.9 Å². The molecule has 49 heavy (non-hydrogen) atoms. The molecule has 0 saturated heterocycles. The second-order valence-corrected chi connectivity index (χ2v) is 13.0. The number of aromatic amines is 1. The number of aromatic nitrogens is 1. The molecular formula is C39H41NO9. The van der Waals surface area contributed by atoms with Gasteiger partial charge in [-0.3, -0.25) is 0 Å². The van der Waals surface area contributed by atoms with Gasteiger partial charge in [0.2, 0.25) is 0 Å². The van der Waals surface area contributed by atoms with Gasteiger partial charge in [0, 0.05) is 41.9 Å². The molecule has 1 aliphatic heterocycles. The smallest absolute Gasteiger partial charge is 0.161 e. The maximum absolute atomic E-state index is 11.7. The molecule has 0 saturated carbocycles. The number of hydrogen-bond acceptors (Lipinski definition) is 9. The van der Waals surface area contributed by atoms with E-state index in [0.29, 0.717) is 48.3 Å². The summed E-state index contributed by atoms with van der Waals surface area (Å²) in [6, 6.07) is 18.9. The molecular weight excluding hydrogens is 626 g/mol. The van der Waals surface area contributed by atoms with Crippen molar-refractivity contribution in [3.8, 4) is 39.9 Å². The van der Waals surface area contributed by atoms with Crippen molar-refractivity contribution in [3.05, 3.63) is 100 Å². The number of nitrogens with one attached hydrogen (secondary N) is 1. The third-order valence-corrected chi connectivity index (χ3v) is 9.81. The summed E-state index contributed by atoms with van der Waals surface area (Å²) in [5.74, 6) is 1.29. The summed E-state index contributed by atoms with van der Waals surface area (Å²) in [5.41, 5.74) is 7.78. The fourth-order valence-electron chi connectivity index (χ4n) is 7.44. The number of phenolic OH excluding ortho intramolecular Hbond substituents is 2. The Kier molecular flexibility index (Phi) is 9.13. The van der Waals surface area contributed by atoms with E-state index >= 15 is 0 Å². The van der Waals surface area contributed by atoms with Crippen LogP contribution in [0.5, 0.6) is 28.7 Å². The Balaban J connectivity index is 1.34. The fraction of sp³-hybridized carbons (Fsp3) is 0.333. The number of aliphatic hydroxyl groups excluding tert-OH is 4. The molecule has 10 nitrogen and oxygen atoms in total. The molecule has 1 aliphatic carbocycles. The number of aromatic hydroxyl groups is 2. The van der Waals surface area contributed by atoms with Gasteiger partial charge in [0.05, 0.1) is 26.4 Å². The first-order valence-corrected chi connectivity index (χ1v) is 16.6. The number of fused-ring (bicyclic) bond motifs is 6. The number of phenols is 2. The third kappa shape index (κ3) is 6.17. The van der Waals surface area contributed by atoms with E-state index in [-0.39, 0.29) is 36.2 Å². The zero-order chi connectivity index (χ0) is 34.2. The van der Waals surface area contributed by atoms with E-state index in [1.54, 1.807) is 30.3 Å². The number of ether oxygens (including phenoxy) is 3. The lowest BCUT2D eigenvalue weighted by molar-refractivity contribution is 0.0195. The van der Waals surface area contributed by atoms with Crippen LogP contribution in [0, 0.1) is 0 Å². The number of H-pyrrole nitrogens is 1. The second-order valence-electron chi connectivity index (χ2n) is 13.0. The summed E-state index contributed by atoms with van der Waals surface area (Å²) in [4.78, 5) is 3.24. The topological polar surface area (TPSA) is 165 Å². The zero-order valence-electron chi connectivity index (χ0n) is 27.2. The molecule has 0 amide bonds. The number of aliphatic hydroxyl groups is 4. The highest BCUT2D eigenvalue weighted by Crippen LogP contribution is 2.52. The SMILES string of the molecule is COc1cc([C@H]2Oc3cc(OC(CO)CO)c4c(c3C[C@H]2O)C[C@@H](Cc2ccc3[nH]ccc3c2)c2cc(O)ccc2-4)cc(CCCO)c1O. The molecule has 7 N–H and O–H groups in total. The first kappa shape index (κ1) is 32.8. The van der Waals surface area contributed by atoms with Crippen molar-refractivity contribution in [2.45, 2.75) is 56.3 Å². The summed E-state index contributed by atoms with van der Waals surface area (Å²) >= 11 is 0. The molecule has 256 valence electrons. The Morgan fingerprint density at radius 2 is 1.76 bits per heavy atom. The highest BCUT2D eigenvalue weighted by Gasteiger charge is 2.38. The number of benzene rings is 4. The van der Waals surface area contributed by atoms with Crippen molar-refractivity contribution in [2.75, 3.05) is 26.9 Å². The lowest BCUT2D eigenvalue weighted by Crippen LogP contribution is -2.32. The number of hydrogen-bond donors (Lipinski definition) is 7. The predicted molar refractivity (Wildman–Crippen MR) is 184 cm³/mol. The molecule has 3 atom stereocenters. The van der Waals surface area contributed by atoms with Crippen LogP contribution in [0.4, 0.5) is 0 Å². The normalized spacial score (nSPS) is 18.1. The van der Waals surface area contributed by atoms with E-state index in [0.717, 1.165) is 44.3 Å². The monoisotopic (exact) mass is 667 g/mol. The van der Waals surface area contributed by atoms with Gasteiger partial charge in [-0.05, 0) is 113 Å². The van der Waals surface area contributed by atoms with Crippen molar-refractivity contribution >= 4 is 10.9 Å². The van der Waals surface area contributed by atoms with Crippen molar-refractivity contribution in [3.63, 3.8) is 0 Å². The molecule has 2 aliphatic rings. The number of rotatable bonds is 11. The zero-order valence-corrected chi connectivity index (χ0v) is 27.2. The molecule has 10 heteroatoms. The lowest BCUT2D eigenvalue weighted by atomic mass is 9.73. The Labute approximate surface area is 283 Å². The lowest BCUT2D eigenvalue weighted by Gasteiger charge is -2.37. The van der Waals surface area contributed by atoms with E-state index in [1.807, 2.05) is 18.3 Å². The van der Waals surface area contributed by atoms with Crippen molar-refractivity contribution in [2.24, 2.45) is 0 Å². The molecule has 2 heterocycles. The van der Waals surface area contributed by atoms with Gasteiger partial charge in [-0.1, -0.05) is 12.1 Å². The summed E-state index contributed by atoms with van der Waals surface area (Å²) in [5, 5.41) is 63.5. The maximum atomic E-state index is 11.7. The molecule has 0 radical (unpaired) electrons. The summed E-state index contributed by atoms with van der Waals surface area (Å²) in [7, 11) is 1.46. The van der Waals surface area contributed by atoms with Crippen LogP contribution in [0.25, 0.3) is 22.0 Å². The van der Waals surface area contributed by atoms with E-state index in [9.17, 15) is 30.6 Å². The first-order valence-electron chi connectivity index (χ1n) is 16.6. The molecule has 0 spiro atoms. The van der Waals surface area contributed by atoms with Gasteiger partial charge < -0.3 is 49.8 Å². The van der Waals surface area contributed by atoms with E-state index in [4.69, 9.17) is 14.2 Å². The Bertz CT molecular complexity index is 1980. The first-order chi connectivity index (χ1) is 23.8. The van der Waals surface area contributed by atoms with E-state index < -0.39 is 31.5 Å². The van der Waals surface area contributed by atoms with Crippen molar-refractivity contribution < 1.29 is 44.8 Å². The average molecular weight is 668 g/mol. The van der Waals surface area contributed by atoms with Crippen LogP contribution in [-0.4, -0.2) is 74.8 Å². The Morgan fingerprint density at radius 1 is 0.918 bits per heavy atom. The van der Waals surface area contributed by atoms with Crippen molar-refractivity contribution in [1.82, 2.24) is 4.98 Å². The van der Waals surface area contributed by atoms with Crippen LogP contribution in [0.3, 0.4) is 0 Å². The molecule has 4 aromatic carbocycles. The minimum Gasteiger partial charge on any atom is -0.508 e. The molecule has 0 unspecified atom stereocenters. The highest BCUT2D eigenvalue weighted by molar-refractivity contribution is 5.83. The molecule has 5 aromatic rings. The molecule has 7 rings (SSSR count). The molecule has 0 fully saturated rings. The average Bonchev–Trinajstić information content (AvgIpc) is 3.58. The fourth-order valence-corrected chi connectivity index (χ4v) is 7.44. The minimum absolute atomic E-state index is 0.0133. The number of methoxy groups -OCH3 is 1. The van der Waals surface area contributed by atoms with Gasteiger partial charge in [-0.25, -0.2) is 0 Å². The predicted octanol–water partition coefficient (Wildman–Crippen LogP) is 4.83. The van der Waals surface area contributed by atoms with Crippen LogP contribution in [-0.2, 0) is 25.7 Å². The van der Waals surface area contributed by atoms with Gasteiger partial charge in [-0.2, -0.15) is 0 Å². The summed E-state index contributed by atoms with van der Waals surface area (Å²) in [6.45, 7) is -0.842. The quantitative estimate of drug-likeness (QED) is 0.105. The molecule has 0 bridgehead atoms. The molecule has 1 aromatic heterocycles. The largest absolute Gasteiger partial charge is 0.508 e. The highest BCUT2D eigenvalue weighted by atomic mass is 16.5. The summed E-state index contributed by atoms with van der Waals surface area (Å²) in [6.07, 6.45) is 1.69. The van der Waals surface area contributed by atoms with Gasteiger partial charge in [0.15, 0.2) is 11.5 Å². The van der Waals surface area contributed by atoms with Gasteiger partial charge in [0.1, 0.15) is 29.5 Å². The van der Waals surface area contributed by atoms with Crippen LogP contribution in [0.2, 0.25) is 0 Å². The van der Waals surface area contributed by atoms with Crippen LogP contribution in [0.1, 0.15) is 51.8 Å². The second kappa shape index (κ2) is 13.6. The Hall–Kier alpha value is -4.74. The summed E-state index contributed by atoms with van der Waals surface area (Å²) < 4.78 is 18.3. The van der Waals surface area contributed by atoms with E-state index in [1.165, 1.54) is 7.11 Å². The van der Waals surface area contributed by atoms with E-state index in [2.05, 4.69) is 23.2 Å². The van der Waals surface area contributed by atoms with Gasteiger partial charge in [-0.15, -0.1) is 0 Å². The standard InChI is InChI=1S/C39H41NO9/c1-47-36-15-25(13-23(38(36)46)3-2-10-41)39-33(45)17-30-31-14-24(12-21-4-7-32-22(11-21)8-9-40-32)29-16-26(44)5-6-28(29)37(31)35(18-34(30)49-39)48-27(19-42)20-43/h4-9,11,13,15-16,18,24,27,33,39-46H,2-3,10,12,14,17,19-20H2,1H3/t24-,33-,39-/m1/s1. The maximum Gasteiger partial charge on any atom is 0.161 e. The van der Waals surface area contributed by atoms with Gasteiger partial charge >= 0.3 is 0 Å². The van der Waals surface area contributed by atoms with Gasteiger partial charge in [0.25, 0.3) is 0 Å². The minimum atomic E-state index is -0.943. The third-order valence-electron chi connectivity index (χ3n) is 9.81. The van der Waals surface area contributed by atoms with Crippen molar-refractivity contribution in [1.29, 1.82) is 0 Å². The van der Waals surface area contributed by atoms with Crippen LogP contribution < -0.4 is 14.2 Å². The van der Waals surface area contributed by atoms with Crippen LogP contribution >= 0.6 is 0 Å².